The molecule has 3 aromatic rings. The van der Waals surface area contributed by atoms with Crippen molar-refractivity contribution in [1.29, 1.82) is 0 Å². The van der Waals surface area contributed by atoms with Gasteiger partial charge in [0.1, 0.15) is 0 Å². The summed E-state index contributed by atoms with van der Waals surface area (Å²) in [7, 11) is 0. The van der Waals surface area contributed by atoms with Crippen LogP contribution in [0.25, 0.3) is 10.9 Å². The van der Waals surface area contributed by atoms with Crippen molar-refractivity contribution >= 4 is 28.4 Å². The third kappa shape index (κ3) is 1.88. The molecule has 0 amide bonds. The number of nitrogens with zero attached hydrogens (tertiary/aromatic N) is 2. The smallest absolute Gasteiger partial charge is 0.0703 e. The van der Waals surface area contributed by atoms with Gasteiger partial charge in [-0.1, -0.05) is 18.2 Å². The molecule has 1 atom stereocenters. The minimum absolute atomic E-state index is 0.528. The van der Waals surface area contributed by atoms with Crippen LogP contribution in [-0.2, 0) is 6.54 Å². The summed E-state index contributed by atoms with van der Waals surface area (Å²) in [5.74, 6) is 1.66. The average molecular weight is 281 g/mol. The maximum Gasteiger partial charge on any atom is 0.0703 e. The van der Waals surface area contributed by atoms with Crippen molar-refractivity contribution in [2.24, 2.45) is 0 Å². The maximum absolute atomic E-state index is 5.89. The molecule has 0 saturated heterocycles. The van der Waals surface area contributed by atoms with Gasteiger partial charge in [0.15, 0.2) is 0 Å². The van der Waals surface area contributed by atoms with E-state index in [4.69, 9.17) is 5.73 Å². The maximum atomic E-state index is 5.89. The summed E-state index contributed by atoms with van der Waals surface area (Å²) in [6, 6.07) is 14.6. The molecule has 4 rings (SSSR count). The lowest BCUT2D eigenvalue weighted by Gasteiger charge is -2.12. The molecule has 1 aliphatic heterocycles. The van der Waals surface area contributed by atoms with Gasteiger partial charge < -0.3 is 5.73 Å². The Hall–Kier alpha value is -1.94. The molecule has 0 fully saturated rings. The summed E-state index contributed by atoms with van der Waals surface area (Å²) in [5, 5.41) is 5.68. The molecule has 4 heteroatoms. The summed E-state index contributed by atoms with van der Waals surface area (Å²) >= 11 is 1.94. The van der Waals surface area contributed by atoms with Crippen LogP contribution in [0.2, 0.25) is 0 Å². The molecule has 1 aromatic heterocycles. The topological polar surface area (TPSA) is 43.8 Å². The highest BCUT2D eigenvalue weighted by molar-refractivity contribution is 7.99. The fourth-order valence-corrected chi connectivity index (χ4v) is 4.06. The van der Waals surface area contributed by atoms with E-state index in [1.807, 2.05) is 36.2 Å². The molecule has 2 N–H and O–H groups in total. The quantitative estimate of drug-likeness (QED) is 0.731. The number of rotatable bonds is 2. The lowest BCUT2D eigenvalue weighted by atomic mass is 10.0. The van der Waals surface area contributed by atoms with Crippen LogP contribution in [0.4, 0.5) is 5.69 Å². The van der Waals surface area contributed by atoms with Gasteiger partial charge >= 0.3 is 0 Å². The molecule has 1 unspecified atom stereocenters. The first-order chi connectivity index (χ1) is 9.81. The van der Waals surface area contributed by atoms with Crippen LogP contribution in [0, 0.1) is 0 Å². The molecule has 100 valence electrons. The SMILES string of the molecule is Nc1ccc2cnn(CC3CSc4ccccc43)c2c1. The van der Waals surface area contributed by atoms with Gasteiger partial charge in [-0.3, -0.25) is 4.68 Å². The molecule has 2 heterocycles. The van der Waals surface area contributed by atoms with Gasteiger partial charge in [-0.05, 0) is 29.8 Å². The minimum atomic E-state index is 0.528. The van der Waals surface area contributed by atoms with Gasteiger partial charge in [0.05, 0.1) is 11.7 Å². The Morgan fingerprint density at radius 2 is 2.15 bits per heavy atom. The first-order valence-corrected chi connectivity index (χ1v) is 7.72. The summed E-state index contributed by atoms with van der Waals surface area (Å²) in [5.41, 5.74) is 9.26. The first kappa shape index (κ1) is 11.9. The van der Waals surface area contributed by atoms with Crippen molar-refractivity contribution in [3.05, 3.63) is 54.2 Å². The fourth-order valence-electron chi connectivity index (χ4n) is 2.82. The summed E-state index contributed by atoms with van der Waals surface area (Å²) in [6.07, 6.45) is 1.92. The lowest BCUT2D eigenvalue weighted by Crippen LogP contribution is -2.10. The standard InChI is InChI=1S/C16H15N3S/c17-13-6-5-11-8-18-19(15(11)7-13)9-12-10-20-16-4-2-1-3-14(12)16/h1-8,12H,9-10,17H2. The van der Waals surface area contributed by atoms with E-state index >= 15 is 0 Å². The Morgan fingerprint density at radius 3 is 3.10 bits per heavy atom. The number of nitrogens with two attached hydrogens (primary N) is 1. The zero-order chi connectivity index (χ0) is 13.5. The van der Waals surface area contributed by atoms with Gasteiger partial charge in [-0.25, -0.2) is 0 Å². The van der Waals surface area contributed by atoms with Gasteiger partial charge in [0.25, 0.3) is 0 Å². The van der Waals surface area contributed by atoms with Crippen LogP contribution < -0.4 is 5.73 Å². The number of nitrogen functional groups attached to an aromatic ring is 1. The monoisotopic (exact) mass is 281 g/mol. The largest absolute Gasteiger partial charge is 0.399 e. The third-order valence-corrected chi connectivity index (χ3v) is 5.11. The van der Waals surface area contributed by atoms with Crippen molar-refractivity contribution in [3.8, 4) is 0 Å². The fraction of sp³-hybridized carbons (Fsp3) is 0.188. The number of anilines is 1. The van der Waals surface area contributed by atoms with Crippen molar-refractivity contribution in [2.75, 3.05) is 11.5 Å². The van der Waals surface area contributed by atoms with E-state index in [0.29, 0.717) is 5.92 Å². The predicted octanol–water partition coefficient (Wildman–Crippen LogP) is 3.51. The van der Waals surface area contributed by atoms with Gasteiger partial charge in [-0.15, -0.1) is 11.8 Å². The molecule has 2 aromatic carbocycles. The van der Waals surface area contributed by atoms with Gasteiger partial charge in [0.2, 0.25) is 0 Å². The van der Waals surface area contributed by atoms with Crippen LogP contribution >= 0.6 is 11.8 Å². The van der Waals surface area contributed by atoms with Gasteiger partial charge in [-0.2, -0.15) is 5.10 Å². The number of thioether (sulfide) groups is 1. The van der Waals surface area contributed by atoms with Crippen LogP contribution in [0.1, 0.15) is 11.5 Å². The molecule has 0 spiro atoms. The highest BCUT2D eigenvalue weighted by Crippen LogP contribution is 2.40. The Balaban J connectivity index is 1.70. The van der Waals surface area contributed by atoms with Crippen molar-refractivity contribution in [2.45, 2.75) is 17.4 Å². The average Bonchev–Trinajstić information content (AvgIpc) is 3.05. The van der Waals surface area contributed by atoms with E-state index in [1.54, 1.807) is 0 Å². The lowest BCUT2D eigenvalue weighted by molar-refractivity contribution is 0.565. The highest BCUT2D eigenvalue weighted by Gasteiger charge is 2.23. The summed E-state index contributed by atoms with van der Waals surface area (Å²) < 4.78 is 2.08. The van der Waals surface area contributed by atoms with Crippen LogP contribution in [0.15, 0.2) is 53.6 Å². The first-order valence-electron chi connectivity index (χ1n) is 6.74. The van der Waals surface area contributed by atoms with Crippen LogP contribution in [-0.4, -0.2) is 15.5 Å². The van der Waals surface area contributed by atoms with Crippen molar-refractivity contribution < 1.29 is 0 Å². The molecular formula is C16H15N3S. The number of aromatic nitrogens is 2. The van der Waals surface area contributed by atoms with E-state index in [0.717, 1.165) is 28.9 Å². The highest BCUT2D eigenvalue weighted by atomic mass is 32.2. The molecular weight excluding hydrogens is 266 g/mol. The van der Waals surface area contributed by atoms with E-state index in [9.17, 15) is 0 Å². The normalized spacial score (nSPS) is 17.5. The molecule has 0 bridgehead atoms. The zero-order valence-corrected chi connectivity index (χ0v) is 11.8. The number of benzene rings is 2. The number of fused-ring (bicyclic) bond motifs is 2. The van der Waals surface area contributed by atoms with E-state index in [1.165, 1.54) is 10.5 Å². The molecule has 0 radical (unpaired) electrons. The molecule has 0 aliphatic carbocycles. The van der Waals surface area contributed by atoms with Crippen LogP contribution in [0.5, 0.6) is 0 Å². The summed E-state index contributed by atoms with van der Waals surface area (Å²) in [4.78, 5) is 1.41. The second kappa shape index (κ2) is 4.56. The van der Waals surface area contributed by atoms with Crippen molar-refractivity contribution in [3.63, 3.8) is 0 Å². The van der Waals surface area contributed by atoms with Crippen molar-refractivity contribution in [1.82, 2.24) is 9.78 Å². The molecule has 0 saturated carbocycles. The zero-order valence-electron chi connectivity index (χ0n) is 11.0. The summed E-state index contributed by atoms with van der Waals surface area (Å²) in [6.45, 7) is 0.914. The van der Waals surface area contributed by atoms with E-state index < -0.39 is 0 Å². The molecule has 20 heavy (non-hydrogen) atoms. The minimum Gasteiger partial charge on any atom is -0.399 e. The molecule has 1 aliphatic rings. The van der Waals surface area contributed by atoms with Crippen LogP contribution in [0.3, 0.4) is 0 Å². The molecule has 3 nitrogen and oxygen atoms in total. The Bertz CT molecular complexity index is 778. The van der Waals surface area contributed by atoms with E-state index in [2.05, 4.69) is 34.0 Å². The Kier molecular flexibility index (Phi) is 2.70. The van der Waals surface area contributed by atoms with Gasteiger partial charge in [0, 0.05) is 34.2 Å². The number of hydrogen-bond acceptors (Lipinski definition) is 3. The second-order valence-electron chi connectivity index (χ2n) is 5.19. The third-order valence-electron chi connectivity index (χ3n) is 3.86. The Morgan fingerprint density at radius 1 is 1.25 bits per heavy atom. The second-order valence-corrected chi connectivity index (χ2v) is 6.25. The number of hydrogen-bond donors (Lipinski definition) is 1. The Labute approximate surface area is 121 Å². The predicted molar refractivity (Wildman–Crippen MR) is 84.1 cm³/mol. The van der Waals surface area contributed by atoms with E-state index in [-0.39, 0.29) is 0 Å².